The van der Waals surface area contributed by atoms with E-state index in [1.807, 2.05) is 0 Å². The third kappa shape index (κ3) is 1.43. The van der Waals surface area contributed by atoms with Gasteiger partial charge in [0, 0.05) is 16.9 Å². The average Bonchev–Trinajstić information content (AvgIpc) is 1.94. The second-order valence-corrected chi connectivity index (χ2v) is 2.29. The first-order chi connectivity index (χ1) is 5.11. The molecule has 1 rings (SSSR count). The molecule has 3 heteroatoms. The van der Waals surface area contributed by atoms with Crippen LogP contribution >= 0.6 is 0 Å². The van der Waals surface area contributed by atoms with Crippen LogP contribution in [0.3, 0.4) is 0 Å². The summed E-state index contributed by atoms with van der Waals surface area (Å²) in [5, 5.41) is 9.00. The second-order valence-electron chi connectivity index (χ2n) is 2.29. The number of anilines is 2. The first-order valence-electron chi connectivity index (χ1n) is 3.14. The van der Waals surface area contributed by atoms with Gasteiger partial charge in [0.15, 0.2) is 0 Å². The van der Waals surface area contributed by atoms with Gasteiger partial charge in [-0.15, -0.1) is 0 Å². The van der Waals surface area contributed by atoms with Gasteiger partial charge in [0.2, 0.25) is 0 Å². The molecular formula is C8H10N2O. The van der Waals surface area contributed by atoms with Gasteiger partial charge < -0.3 is 16.6 Å². The van der Waals surface area contributed by atoms with Gasteiger partial charge in [-0.2, -0.15) is 0 Å². The first-order valence-corrected chi connectivity index (χ1v) is 3.14. The highest BCUT2D eigenvalue weighted by atomic mass is 16.3. The lowest BCUT2D eigenvalue weighted by molar-refractivity contribution is 0.514. The predicted molar refractivity (Wildman–Crippen MR) is 46.9 cm³/mol. The third-order valence-corrected chi connectivity index (χ3v) is 1.39. The Bertz CT molecular complexity index is 294. The molecule has 3 nitrogen and oxygen atoms in total. The summed E-state index contributed by atoms with van der Waals surface area (Å²) in [5.74, 6) is -0.0604. The van der Waals surface area contributed by atoms with Crippen LogP contribution < -0.4 is 11.5 Å². The van der Waals surface area contributed by atoms with E-state index in [9.17, 15) is 0 Å². The molecular weight excluding hydrogens is 140 g/mol. The molecule has 0 saturated heterocycles. The van der Waals surface area contributed by atoms with Crippen molar-refractivity contribution in [3.63, 3.8) is 0 Å². The van der Waals surface area contributed by atoms with E-state index in [-0.39, 0.29) is 5.76 Å². The van der Waals surface area contributed by atoms with E-state index in [1.54, 1.807) is 18.2 Å². The zero-order valence-corrected chi connectivity index (χ0v) is 6.04. The van der Waals surface area contributed by atoms with Crippen LogP contribution in [0.1, 0.15) is 5.56 Å². The van der Waals surface area contributed by atoms with Crippen molar-refractivity contribution in [2.75, 3.05) is 11.5 Å². The highest BCUT2D eigenvalue weighted by Crippen LogP contribution is 2.20. The van der Waals surface area contributed by atoms with Crippen LogP contribution in [0.2, 0.25) is 0 Å². The fourth-order valence-corrected chi connectivity index (χ4v) is 0.824. The molecule has 0 heterocycles. The molecule has 0 radical (unpaired) electrons. The number of hydrogen-bond donors (Lipinski definition) is 3. The monoisotopic (exact) mass is 150 g/mol. The Balaban J connectivity index is 3.23. The lowest BCUT2D eigenvalue weighted by Gasteiger charge is -2.03. The summed E-state index contributed by atoms with van der Waals surface area (Å²) in [6, 6.07) is 4.88. The van der Waals surface area contributed by atoms with Crippen LogP contribution in [-0.4, -0.2) is 5.11 Å². The molecule has 0 fully saturated rings. The minimum atomic E-state index is -0.0604. The molecule has 0 saturated carbocycles. The van der Waals surface area contributed by atoms with E-state index in [0.29, 0.717) is 16.9 Å². The Morgan fingerprint density at radius 2 is 2.00 bits per heavy atom. The Morgan fingerprint density at radius 1 is 1.36 bits per heavy atom. The number of benzene rings is 1. The van der Waals surface area contributed by atoms with Crippen molar-refractivity contribution in [2.45, 2.75) is 0 Å². The maximum atomic E-state index is 9.00. The van der Waals surface area contributed by atoms with Crippen LogP contribution in [0.4, 0.5) is 11.4 Å². The molecule has 0 aliphatic rings. The lowest BCUT2D eigenvalue weighted by atomic mass is 10.1. The van der Waals surface area contributed by atoms with Crippen molar-refractivity contribution in [3.8, 4) is 0 Å². The summed E-state index contributed by atoms with van der Waals surface area (Å²) in [6.07, 6.45) is 0. The van der Waals surface area contributed by atoms with E-state index in [2.05, 4.69) is 6.58 Å². The molecule has 5 N–H and O–H groups in total. The zero-order chi connectivity index (χ0) is 8.43. The highest BCUT2D eigenvalue weighted by Gasteiger charge is 2.00. The van der Waals surface area contributed by atoms with E-state index in [0.717, 1.165) is 0 Å². The molecule has 0 aliphatic carbocycles. The maximum absolute atomic E-state index is 9.00. The largest absolute Gasteiger partial charge is 0.508 e. The Labute approximate surface area is 64.9 Å². The van der Waals surface area contributed by atoms with Crippen LogP contribution in [-0.2, 0) is 0 Å². The quantitative estimate of drug-likeness (QED) is 0.418. The van der Waals surface area contributed by atoms with Gasteiger partial charge in [0.25, 0.3) is 0 Å². The molecule has 0 unspecified atom stereocenters. The normalized spacial score (nSPS) is 9.45. The Hall–Kier alpha value is -1.64. The SMILES string of the molecule is C=C(O)c1cc(N)ccc1N. The number of nitrogen functional groups attached to an aromatic ring is 2. The van der Waals surface area contributed by atoms with Gasteiger partial charge in [-0.1, -0.05) is 6.58 Å². The molecule has 0 bridgehead atoms. The summed E-state index contributed by atoms with van der Waals surface area (Å²) in [4.78, 5) is 0. The topological polar surface area (TPSA) is 72.3 Å². The predicted octanol–water partition coefficient (Wildman–Crippen LogP) is 1.38. The lowest BCUT2D eigenvalue weighted by Crippen LogP contribution is -1.94. The van der Waals surface area contributed by atoms with Crippen molar-refractivity contribution in [1.82, 2.24) is 0 Å². The fraction of sp³-hybridized carbons (Fsp3) is 0. The number of aliphatic hydroxyl groups is 1. The number of rotatable bonds is 1. The Kier molecular flexibility index (Phi) is 1.72. The van der Waals surface area contributed by atoms with E-state index < -0.39 is 0 Å². The van der Waals surface area contributed by atoms with Gasteiger partial charge in [0.05, 0.1) is 0 Å². The molecule has 0 amide bonds. The van der Waals surface area contributed by atoms with Crippen LogP contribution in [0.15, 0.2) is 24.8 Å². The van der Waals surface area contributed by atoms with Gasteiger partial charge in [-0.3, -0.25) is 0 Å². The summed E-state index contributed by atoms with van der Waals surface area (Å²) < 4.78 is 0. The minimum Gasteiger partial charge on any atom is -0.508 e. The van der Waals surface area contributed by atoms with E-state index in [1.165, 1.54) is 0 Å². The summed E-state index contributed by atoms with van der Waals surface area (Å²) >= 11 is 0. The van der Waals surface area contributed by atoms with Gasteiger partial charge in [-0.05, 0) is 18.2 Å². The molecule has 1 aromatic rings. The molecule has 0 aromatic heterocycles. The highest BCUT2D eigenvalue weighted by molar-refractivity contribution is 5.72. The van der Waals surface area contributed by atoms with Crippen molar-refractivity contribution < 1.29 is 5.11 Å². The smallest absolute Gasteiger partial charge is 0.117 e. The minimum absolute atomic E-state index is 0.0604. The van der Waals surface area contributed by atoms with Crippen molar-refractivity contribution in [1.29, 1.82) is 0 Å². The van der Waals surface area contributed by atoms with Crippen LogP contribution in [0.5, 0.6) is 0 Å². The summed E-state index contributed by atoms with van der Waals surface area (Å²) in [5.41, 5.74) is 12.5. The standard InChI is InChI=1S/C8H10N2O/c1-5(11)7-4-6(9)2-3-8(7)10/h2-4,11H,1,9-10H2. The van der Waals surface area contributed by atoms with Gasteiger partial charge in [-0.25, -0.2) is 0 Å². The van der Waals surface area contributed by atoms with Crippen LogP contribution in [0, 0.1) is 0 Å². The molecule has 1 aromatic carbocycles. The van der Waals surface area contributed by atoms with Gasteiger partial charge >= 0.3 is 0 Å². The molecule has 0 spiro atoms. The van der Waals surface area contributed by atoms with Crippen molar-refractivity contribution in [2.24, 2.45) is 0 Å². The number of aliphatic hydroxyl groups excluding tert-OH is 1. The van der Waals surface area contributed by atoms with E-state index >= 15 is 0 Å². The number of hydrogen-bond acceptors (Lipinski definition) is 3. The van der Waals surface area contributed by atoms with Crippen LogP contribution in [0.25, 0.3) is 5.76 Å². The summed E-state index contributed by atoms with van der Waals surface area (Å²) in [6.45, 7) is 3.35. The number of nitrogens with two attached hydrogens (primary N) is 2. The Morgan fingerprint density at radius 3 is 2.45 bits per heavy atom. The van der Waals surface area contributed by atoms with Crippen molar-refractivity contribution in [3.05, 3.63) is 30.3 Å². The average molecular weight is 150 g/mol. The van der Waals surface area contributed by atoms with Crippen molar-refractivity contribution >= 4 is 17.1 Å². The maximum Gasteiger partial charge on any atom is 0.117 e. The first kappa shape index (κ1) is 7.47. The van der Waals surface area contributed by atoms with Gasteiger partial charge in [0.1, 0.15) is 5.76 Å². The molecule has 0 atom stereocenters. The third-order valence-electron chi connectivity index (χ3n) is 1.39. The molecule has 0 aliphatic heterocycles. The molecule has 11 heavy (non-hydrogen) atoms. The summed E-state index contributed by atoms with van der Waals surface area (Å²) in [7, 11) is 0. The molecule has 58 valence electrons. The zero-order valence-electron chi connectivity index (χ0n) is 6.04. The second kappa shape index (κ2) is 2.54. The fourth-order valence-electron chi connectivity index (χ4n) is 0.824. The van der Waals surface area contributed by atoms with E-state index in [4.69, 9.17) is 16.6 Å².